The second-order valence-electron chi connectivity index (χ2n) is 6.02. The summed E-state index contributed by atoms with van der Waals surface area (Å²) < 4.78 is 0.962. The highest BCUT2D eigenvalue weighted by atomic mass is 32.1. The molecule has 0 radical (unpaired) electrons. The predicted molar refractivity (Wildman–Crippen MR) is 72.6 cm³/mol. The molecule has 0 saturated heterocycles. The van der Waals surface area contributed by atoms with Crippen molar-refractivity contribution in [2.75, 3.05) is 0 Å². The molecule has 0 fully saturated rings. The Morgan fingerprint density at radius 1 is 0.867 bits per heavy atom. The first kappa shape index (κ1) is 12.9. The van der Waals surface area contributed by atoms with Crippen LogP contribution in [0.4, 0.5) is 0 Å². The molecule has 0 atom stereocenters. The van der Waals surface area contributed by atoms with E-state index in [1.54, 1.807) is 0 Å². The van der Waals surface area contributed by atoms with Crippen LogP contribution in [0.15, 0.2) is 12.1 Å². The summed E-state index contributed by atoms with van der Waals surface area (Å²) in [6, 6.07) is 4.27. The van der Waals surface area contributed by atoms with Crippen molar-refractivity contribution in [3.05, 3.63) is 26.4 Å². The van der Waals surface area contributed by atoms with Gasteiger partial charge in [-0.2, -0.15) is 0 Å². The van der Waals surface area contributed by atoms with Gasteiger partial charge < -0.3 is 0 Å². The summed E-state index contributed by atoms with van der Waals surface area (Å²) in [5.41, 5.74) is 0.388. The highest BCUT2D eigenvalue weighted by molar-refractivity contribution is 7.71. The van der Waals surface area contributed by atoms with Crippen LogP contribution in [0.1, 0.15) is 51.3 Å². The van der Waals surface area contributed by atoms with Crippen LogP contribution in [0.5, 0.6) is 0 Å². The van der Waals surface area contributed by atoms with Gasteiger partial charge in [-0.3, -0.25) is 0 Å². The molecule has 0 N–H and O–H groups in total. The largest absolute Gasteiger partial charge is 0.144 e. The van der Waals surface area contributed by atoms with Gasteiger partial charge in [-0.05, 0) is 23.0 Å². The Labute approximate surface area is 102 Å². The zero-order valence-corrected chi connectivity index (χ0v) is 12.1. The maximum atomic E-state index is 5.33. The molecule has 0 bridgehead atoms. The quantitative estimate of drug-likeness (QED) is 0.570. The van der Waals surface area contributed by atoms with Crippen LogP contribution in [0.25, 0.3) is 0 Å². The van der Waals surface area contributed by atoms with E-state index in [1.807, 2.05) is 11.3 Å². The van der Waals surface area contributed by atoms with Gasteiger partial charge in [0.2, 0.25) is 0 Å². The molecule has 1 rings (SSSR count). The first-order valence-electron chi connectivity index (χ1n) is 5.27. The number of rotatable bonds is 0. The second-order valence-corrected chi connectivity index (χ2v) is 7.58. The molecular formula is C13H20S2. The molecule has 0 amide bonds. The van der Waals surface area contributed by atoms with Crippen LogP contribution < -0.4 is 0 Å². The van der Waals surface area contributed by atoms with Crippen molar-refractivity contribution < 1.29 is 0 Å². The van der Waals surface area contributed by atoms with E-state index in [2.05, 4.69) is 53.7 Å². The Hall–Kier alpha value is -0.210. The molecule has 84 valence electrons. The maximum absolute atomic E-state index is 5.33. The Kier molecular flexibility index (Phi) is 3.42. The molecule has 1 heterocycles. The lowest BCUT2D eigenvalue weighted by Crippen LogP contribution is -2.13. The number of hydrogen-bond donors (Lipinski definition) is 0. The molecular weight excluding hydrogens is 220 g/mol. The first-order valence-corrected chi connectivity index (χ1v) is 6.49. The normalized spacial score (nSPS) is 12.9. The summed E-state index contributed by atoms with van der Waals surface area (Å²) in [5.74, 6) is 0. The van der Waals surface area contributed by atoms with Gasteiger partial charge in [0.05, 0.1) is 0 Å². The van der Waals surface area contributed by atoms with Gasteiger partial charge >= 0.3 is 0 Å². The van der Waals surface area contributed by atoms with E-state index in [0.29, 0.717) is 0 Å². The van der Waals surface area contributed by atoms with Gasteiger partial charge in [0.15, 0.2) is 0 Å². The molecule has 0 spiro atoms. The first-order chi connectivity index (χ1) is 6.60. The van der Waals surface area contributed by atoms with Gasteiger partial charge in [0.1, 0.15) is 0 Å². The van der Waals surface area contributed by atoms with E-state index in [1.165, 1.54) is 9.75 Å². The highest BCUT2D eigenvalue weighted by Crippen LogP contribution is 2.33. The predicted octanol–water partition coefficient (Wildman–Crippen LogP) is 5.07. The van der Waals surface area contributed by atoms with Crippen LogP contribution in [0, 0.1) is 4.51 Å². The third-order valence-electron chi connectivity index (χ3n) is 2.25. The van der Waals surface area contributed by atoms with Crippen molar-refractivity contribution in [2.24, 2.45) is 0 Å². The van der Waals surface area contributed by atoms with Crippen molar-refractivity contribution >= 4 is 23.6 Å². The van der Waals surface area contributed by atoms with Crippen LogP contribution in [-0.4, -0.2) is 0 Å². The summed E-state index contributed by atoms with van der Waals surface area (Å²) in [4.78, 5) is 2.75. The van der Waals surface area contributed by atoms with Crippen LogP contribution in [0.2, 0.25) is 0 Å². The molecule has 0 aromatic carbocycles. The molecule has 1 aromatic rings. The Balaban J connectivity index is 3.36. The monoisotopic (exact) mass is 240 g/mol. The Bertz CT molecular complexity index is 365. The summed E-state index contributed by atoms with van der Waals surface area (Å²) in [6.45, 7) is 13.4. The molecule has 15 heavy (non-hydrogen) atoms. The maximum Gasteiger partial charge on any atom is 0.0399 e. The van der Waals surface area contributed by atoms with E-state index >= 15 is 0 Å². The molecule has 0 aliphatic carbocycles. The lowest BCUT2D eigenvalue weighted by atomic mass is 9.93. The third kappa shape index (κ3) is 3.39. The fraction of sp³-hybridized carbons (Fsp3) is 0.615. The minimum absolute atomic E-state index is 0.194. The van der Waals surface area contributed by atoms with E-state index < -0.39 is 0 Å². The molecule has 2 heteroatoms. The zero-order valence-electron chi connectivity index (χ0n) is 10.5. The molecule has 0 nitrogen and oxygen atoms in total. The number of hydrogen-bond acceptors (Lipinski definition) is 2. The van der Waals surface area contributed by atoms with Gasteiger partial charge in [-0.25, -0.2) is 0 Å². The SMILES string of the molecule is CC(C)(C)c1cc(=S)cc(C(C)(C)C)s1. The standard InChI is InChI=1S/C13H20S2/c1-12(2,3)10-7-9(14)8-11(15-10)13(4,5)6/h7-8H,1-6H3. The smallest absolute Gasteiger partial charge is 0.0399 e. The lowest BCUT2D eigenvalue weighted by Gasteiger charge is -2.23. The minimum Gasteiger partial charge on any atom is -0.144 e. The topological polar surface area (TPSA) is 0 Å². The summed E-state index contributed by atoms with van der Waals surface area (Å²) >= 11 is 7.22. The summed E-state index contributed by atoms with van der Waals surface area (Å²) in [7, 11) is 0. The zero-order chi connectivity index (χ0) is 11.9. The van der Waals surface area contributed by atoms with Gasteiger partial charge in [0, 0.05) is 14.3 Å². The molecule has 0 unspecified atom stereocenters. The van der Waals surface area contributed by atoms with Gasteiger partial charge in [-0.15, -0.1) is 11.3 Å². The van der Waals surface area contributed by atoms with Gasteiger partial charge in [0.25, 0.3) is 0 Å². The average Bonchev–Trinajstić information content (AvgIpc) is 1.99. The van der Waals surface area contributed by atoms with E-state index in [4.69, 9.17) is 12.2 Å². The van der Waals surface area contributed by atoms with E-state index in [9.17, 15) is 0 Å². The lowest BCUT2D eigenvalue weighted by molar-refractivity contribution is 0.593. The minimum atomic E-state index is 0.194. The van der Waals surface area contributed by atoms with Crippen molar-refractivity contribution in [1.82, 2.24) is 0 Å². The van der Waals surface area contributed by atoms with Crippen LogP contribution in [-0.2, 0) is 10.8 Å². The Morgan fingerprint density at radius 2 is 1.20 bits per heavy atom. The van der Waals surface area contributed by atoms with Gasteiger partial charge in [-0.1, -0.05) is 53.8 Å². The molecule has 0 aliphatic rings. The van der Waals surface area contributed by atoms with E-state index in [-0.39, 0.29) is 10.8 Å². The molecule has 0 saturated carbocycles. The fourth-order valence-electron chi connectivity index (χ4n) is 1.22. The third-order valence-corrected chi connectivity index (χ3v) is 4.38. The van der Waals surface area contributed by atoms with Crippen molar-refractivity contribution in [1.29, 1.82) is 0 Å². The van der Waals surface area contributed by atoms with Crippen molar-refractivity contribution in [3.8, 4) is 0 Å². The Morgan fingerprint density at radius 3 is 1.47 bits per heavy atom. The second kappa shape index (κ2) is 3.99. The average molecular weight is 240 g/mol. The van der Waals surface area contributed by atoms with Crippen molar-refractivity contribution in [2.45, 2.75) is 52.4 Å². The van der Waals surface area contributed by atoms with Crippen molar-refractivity contribution in [3.63, 3.8) is 0 Å². The summed E-state index contributed by atoms with van der Waals surface area (Å²) in [5, 5.41) is 0. The van der Waals surface area contributed by atoms with Crippen LogP contribution >= 0.6 is 23.6 Å². The van der Waals surface area contributed by atoms with E-state index in [0.717, 1.165) is 4.51 Å². The highest BCUT2D eigenvalue weighted by Gasteiger charge is 2.20. The molecule has 1 aromatic heterocycles. The summed E-state index contributed by atoms with van der Waals surface area (Å²) in [6.07, 6.45) is 0. The molecule has 0 aliphatic heterocycles. The fourth-order valence-corrected chi connectivity index (χ4v) is 2.82. The van der Waals surface area contributed by atoms with Crippen LogP contribution in [0.3, 0.4) is 0 Å².